The van der Waals surface area contributed by atoms with E-state index in [2.05, 4.69) is 0 Å². The number of phenolic OH excluding ortho intramolecular Hbond substituents is 1. The lowest BCUT2D eigenvalue weighted by Crippen LogP contribution is -2.29. The van der Waals surface area contributed by atoms with Crippen LogP contribution in [0.3, 0.4) is 0 Å². The zero-order chi connectivity index (χ0) is 17.2. The normalized spacial score (nSPS) is 13.3. The molecule has 3 aromatic carbocycles. The standard InChI is InChI=1S/C20H17FO3/c1-24-19-5-3-2-4-18(19)20(23,14-6-10-16(21)11-7-14)15-8-12-17(22)13-9-15/h2-13,22-23H,1H3. The minimum atomic E-state index is -1.55. The molecule has 3 aromatic rings. The highest BCUT2D eigenvalue weighted by atomic mass is 19.1. The molecule has 0 saturated heterocycles. The van der Waals surface area contributed by atoms with Crippen LogP contribution in [0, 0.1) is 5.82 Å². The van der Waals surface area contributed by atoms with Crippen LogP contribution in [0.25, 0.3) is 0 Å². The molecule has 0 radical (unpaired) electrons. The molecule has 0 bridgehead atoms. The molecule has 0 fully saturated rings. The Morgan fingerprint density at radius 3 is 1.96 bits per heavy atom. The summed E-state index contributed by atoms with van der Waals surface area (Å²) in [7, 11) is 1.53. The van der Waals surface area contributed by atoms with Gasteiger partial charge in [-0.25, -0.2) is 4.39 Å². The summed E-state index contributed by atoms with van der Waals surface area (Å²) >= 11 is 0. The van der Waals surface area contributed by atoms with Crippen molar-refractivity contribution in [1.29, 1.82) is 0 Å². The van der Waals surface area contributed by atoms with Crippen LogP contribution in [0.5, 0.6) is 11.5 Å². The Balaban J connectivity index is 2.28. The van der Waals surface area contributed by atoms with Crippen molar-refractivity contribution in [3.8, 4) is 11.5 Å². The Labute approximate surface area is 139 Å². The third kappa shape index (κ3) is 2.72. The molecule has 0 aliphatic rings. The van der Waals surface area contributed by atoms with E-state index in [0.717, 1.165) is 0 Å². The molecule has 0 saturated carbocycles. The molecule has 3 nitrogen and oxygen atoms in total. The van der Waals surface area contributed by atoms with Crippen LogP contribution < -0.4 is 4.74 Å². The molecular formula is C20H17FO3. The van der Waals surface area contributed by atoms with Crippen LogP contribution in [0.15, 0.2) is 72.8 Å². The van der Waals surface area contributed by atoms with Crippen molar-refractivity contribution in [1.82, 2.24) is 0 Å². The number of aliphatic hydroxyl groups is 1. The zero-order valence-electron chi connectivity index (χ0n) is 13.1. The summed E-state index contributed by atoms with van der Waals surface area (Å²) in [5.74, 6) is 0.226. The Morgan fingerprint density at radius 2 is 1.38 bits per heavy atom. The topological polar surface area (TPSA) is 49.7 Å². The predicted octanol–water partition coefficient (Wildman–Crippen LogP) is 3.82. The number of phenols is 1. The van der Waals surface area contributed by atoms with E-state index in [1.165, 1.54) is 43.5 Å². The third-order valence-corrected chi connectivity index (χ3v) is 4.04. The summed E-state index contributed by atoms with van der Waals surface area (Å²) in [5, 5.41) is 21.2. The highest BCUT2D eigenvalue weighted by Crippen LogP contribution is 2.41. The van der Waals surface area contributed by atoms with Gasteiger partial charge < -0.3 is 14.9 Å². The second kappa shape index (κ2) is 6.34. The lowest BCUT2D eigenvalue weighted by atomic mass is 9.80. The summed E-state index contributed by atoms with van der Waals surface area (Å²) in [6.45, 7) is 0. The molecule has 1 atom stereocenters. The molecule has 0 spiro atoms. The van der Waals surface area contributed by atoms with Gasteiger partial charge in [0.1, 0.15) is 22.9 Å². The molecule has 4 heteroatoms. The van der Waals surface area contributed by atoms with Crippen LogP contribution in [-0.4, -0.2) is 17.3 Å². The highest BCUT2D eigenvalue weighted by Gasteiger charge is 2.36. The van der Waals surface area contributed by atoms with Gasteiger partial charge in [-0.05, 0) is 41.5 Å². The van der Waals surface area contributed by atoms with E-state index in [0.29, 0.717) is 22.4 Å². The lowest BCUT2D eigenvalue weighted by molar-refractivity contribution is 0.122. The summed E-state index contributed by atoms with van der Waals surface area (Å²) < 4.78 is 18.7. The Hall–Kier alpha value is -2.85. The lowest BCUT2D eigenvalue weighted by Gasteiger charge is -2.31. The van der Waals surface area contributed by atoms with Crippen LogP contribution in [-0.2, 0) is 5.60 Å². The number of hydrogen-bond donors (Lipinski definition) is 2. The molecule has 0 amide bonds. The molecule has 2 N–H and O–H groups in total. The molecule has 1 unspecified atom stereocenters. The third-order valence-electron chi connectivity index (χ3n) is 4.04. The molecule has 122 valence electrons. The van der Waals surface area contributed by atoms with Crippen molar-refractivity contribution in [3.63, 3.8) is 0 Å². The maximum absolute atomic E-state index is 13.3. The maximum Gasteiger partial charge on any atom is 0.144 e. The minimum absolute atomic E-state index is 0.0974. The van der Waals surface area contributed by atoms with Gasteiger partial charge in [0.05, 0.1) is 7.11 Å². The van der Waals surface area contributed by atoms with E-state index in [9.17, 15) is 14.6 Å². The number of hydrogen-bond acceptors (Lipinski definition) is 3. The van der Waals surface area contributed by atoms with Gasteiger partial charge in [-0.3, -0.25) is 0 Å². The first-order valence-electron chi connectivity index (χ1n) is 7.47. The van der Waals surface area contributed by atoms with Crippen LogP contribution in [0.4, 0.5) is 4.39 Å². The van der Waals surface area contributed by atoms with Gasteiger partial charge in [0.2, 0.25) is 0 Å². The second-order valence-electron chi connectivity index (χ2n) is 5.46. The van der Waals surface area contributed by atoms with E-state index in [1.54, 1.807) is 30.3 Å². The Kier molecular flexibility index (Phi) is 4.23. The fourth-order valence-electron chi connectivity index (χ4n) is 2.81. The number of ether oxygens (including phenoxy) is 1. The summed E-state index contributed by atoms with van der Waals surface area (Å²) in [5.41, 5.74) is 0.0221. The van der Waals surface area contributed by atoms with Crippen molar-refractivity contribution in [2.24, 2.45) is 0 Å². The van der Waals surface area contributed by atoms with Crippen LogP contribution in [0.1, 0.15) is 16.7 Å². The molecule has 0 aliphatic heterocycles. The number of para-hydroxylation sites is 1. The number of halogens is 1. The molecule has 0 aromatic heterocycles. The highest BCUT2D eigenvalue weighted by molar-refractivity contribution is 5.52. The zero-order valence-corrected chi connectivity index (χ0v) is 13.1. The molecule has 24 heavy (non-hydrogen) atoms. The van der Waals surface area contributed by atoms with Gasteiger partial charge in [0.25, 0.3) is 0 Å². The summed E-state index contributed by atoms with van der Waals surface area (Å²) in [4.78, 5) is 0. The molecule has 3 rings (SSSR count). The number of rotatable bonds is 4. The van der Waals surface area contributed by atoms with E-state index in [-0.39, 0.29) is 11.6 Å². The van der Waals surface area contributed by atoms with Gasteiger partial charge in [-0.15, -0.1) is 0 Å². The Bertz CT molecular complexity index is 781. The fraction of sp³-hybridized carbons (Fsp3) is 0.100. The van der Waals surface area contributed by atoms with Crippen molar-refractivity contribution in [2.75, 3.05) is 7.11 Å². The fourth-order valence-corrected chi connectivity index (χ4v) is 2.81. The van der Waals surface area contributed by atoms with Crippen molar-refractivity contribution < 1.29 is 19.3 Å². The number of benzene rings is 3. The minimum Gasteiger partial charge on any atom is -0.508 e. The Morgan fingerprint density at radius 1 is 0.833 bits per heavy atom. The largest absolute Gasteiger partial charge is 0.508 e. The van der Waals surface area contributed by atoms with Crippen molar-refractivity contribution in [3.05, 3.63) is 95.3 Å². The first-order valence-corrected chi connectivity index (χ1v) is 7.47. The van der Waals surface area contributed by atoms with E-state index >= 15 is 0 Å². The number of methoxy groups -OCH3 is 1. The second-order valence-corrected chi connectivity index (χ2v) is 5.46. The maximum atomic E-state index is 13.3. The first-order chi connectivity index (χ1) is 11.6. The molecule has 0 aliphatic carbocycles. The van der Waals surface area contributed by atoms with Gasteiger partial charge in [-0.2, -0.15) is 0 Å². The molecular weight excluding hydrogens is 307 g/mol. The average molecular weight is 324 g/mol. The predicted molar refractivity (Wildman–Crippen MR) is 89.6 cm³/mol. The molecule has 0 heterocycles. The van der Waals surface area contributed by atoms with Gasteiger partial charge >= 0.3 is 0 Å². The monoisotopic (exact) mass is 324 g/mol. The summed E-state index contributed by atoms with van der Waals surface area (Å²) in [6.07, 6.45) is 0. The van der Waals surface area contributed by atoms with Crippen LogP contribution in [0.2, 0.25) is 0 Å². The smallest absolute Gasteiger partial charge is 0.144 e. The quantitative estimate of drug-likeness (QED) is 0.717. The first kappa shape index (κ1) is 16.0. The van der Waals surface area contributed by atoms with Crippen molar-refractivity contribution >= 4 is 0 Å². The van der Waals surface area contributed by atoms with E-state index < -0.39 is 5.60 Å². The summed E-state index contributed by atoms with van der Waals surface area (Å²) in [6, 6.07) is 19.1. The van der Waals surface area contributed by atoms with Gasteiger partial charge in [-0.1, -0.05) is 42.5 Å². The van der Waals surface area contributed by atoms with E-state index in [1.807, 2.05) is 6.07 Å². The van der Waals surface area contributed by atoms with Gasteiger partial charge in [0.15, 0.2) is 0 Å². The SMILES string of the molecule is COc1ccccc1C(O)(c1ccc(O)cc1)c1ccc(F)cc1. The van der Waals surface area contributed by atoms with Crippen molar-refractivity contribution in [2.45, 2.75) is 5.60 Å². The number of aromatic hydroxyl groups is 1. The van der Waals surface area contributed by atoms with E-state index in [4.69, 9.17) is 4.74 Å². The van der Waals surface area contributed by atoms with Gasteiger partial charge in [0, 0.05) is 5.56 Å². The average Bonchev–Trinajstić information content (AvgIpc) is 2.62. The van der Waals surface area contributed by atoms with Crippen LogP contribution >= 0.6 is 0 Å².